The molecule has 0 bridgehead atoms. The zero-order chi connectivity index (χ0) is 9.26. The largest absolute Gasteiger partial charge is 0.462 e. The predicted molar refractivity (Wildman–Crippen MR) is 47.3 cm³/mol. The van der Waals surface area contributed by atoms with Crippen LogP contribution in [0.3, 0.4) is 0 Å². The van der Waals surface area contributed by atoms with Gasteiger partial charge in [-0.1, -0.05) is 0 Å². The van der Waals surface area contributed by atoms with Gasteiger partial charge in [0.15, 0.2) is 0 Å². The summed E-state index contributed by atoms with van der Waals surface area (Å²) >= 11 is 0. The van der Waals surface area contributed by atoms with E-state index in [9.17, 15) is 4.79 Å². The summed E-state index contributed by atoms with van der Waals surface area (Å²) in [6.45, 7) is 2.71. The first-order chi connectivity index (χ1) is 6.25. The van der Waals surface area contributed by atoms with Crippen LogP contribution in [0.5, 0.6) is 0 Å². The van der Waals surface area contributed by atoms with Gasteiger partial charge in [-0.25, -0.2) is 0 Å². The summed E-state index contributed by atoms with van der Waals surface area (Å²) in [5.74, 6) is 0.0852. The molecular weight excluding hydrogens is 168 g/mol. The van der Waals surface area contributed by atoms with Crippen LogP contribution in [-0.4, -0.2) is 24.8 Å². The Bertz CT molecular complexity index is 198. The van der Waals surface area contributed by atoms with Gasteiger partial charge in [0.1, 0.15) is 6.10 Å². The van der Waals surface area contributed by atoms with Crippen LogP contribution in [0.15, 0.2) is 0 Å². The van der Waals surface area contributed by atoms with E-state index < -0.39 is 0 Å². The predicted octanol–water partition coefficient (Wildman–Crippen LogP) is 1.51. The van der Waals surface area contributed by atoms with Gasteiger partial charge >= 0.3 is 5.97 Å². The molecule has 1 aliphatic carbocycles. The highest BCUT2D eigenvalue weighted by molar-refractivity contribution is 5.73. The number of carbonyl (C=O) groups excluding carboxylic acids is 1. The first-order valence-electron chi connectivity index (χ1n) is 5.08. The van der Waals surface area contributed by atoms with Crippen molar-refractivity contribution in [2.45, 2.75) is 44.8 Å². The fraction of sp³-hybridized carbons (Fsp3) is 0.900. The Labute approximate surface area is 78.4 Å². The number of hydrogen-bond donors (Lipinski definition) is 0. The monoisotopic (exact) mass is 184 g/mol. The number of hydrogen-bond acceptors (Lipinski definition) is 3. The average Bonchev–Trinajstić information content (AvgIpc) is 2.88. The SMILES string of the molecule is CC1CC(C(=O)OC2CC2)CCO1. The number of ether oxygens (including phenoxy) is 2. The van der Waals surface area contributed by atoms with Gasteiger partial charge in [0.05, 0.1) is 12.0 Å². The van der Waals surface area contributed by atoms with Crippen molar-refractivity contribution in [3.05, 3.63) is 0 Å². The van der Waals surface area contributed by atoms with Crippen molar-refractivity contribution in [1.29, 1.82) is 0 Å². The Hall–Kier alpha value is -0.570. The standard InChI is InChI=1S/C10H16O3/c1-7-6-8(4-5-12-7)10(11)13-9-2-3-9/h7-9H,2-6H2,1H3. The molecule has 1 heterocycles. The molecule has 2 fully saturated rings. The van der Waals surface area contributed by atoms with Crippen LogP contribution in [0.25, 0.3) is 0 Å². The van der Waals surface area contributed by atoms with E-state index in [2.05, 4.69) is 0 Å². The lowest BCUT2D eigenvalue weighted by Gasteiger charge is -2.25. The molecule has 0 spiro atoms. The van der Waals surface area contributed by atoms with E-state index in [1.807, 2.05) is 6.92 Å². The Morgan fingerprint density at radius 2 is 2.15 bits per heavy atom. The van der Waals surface area contributed by atoms with Crippen molar-refractivity contribution in [3.63, 3.8) is 0 Å². The molecule has 0 aromatic heterocycles. The van der Waals surface area contributed by atoms with E-state index in [1.54, 1.807) is 0 Å². The van der Waals surface area contributed by atoms with Crippen LogP contribution in [0.4, 0.5) is 0 Å². The zero-order valence-electron chi connectivity index (χ0n) is 7.99. The molecule has 2 atom stereocenters. The number of rotatable bonds is 2. The summed E-state index contributed by atoms with van der Waals surface area (Å²) in [5, 5.41) is 0. The summed E-state index contributed by atoms with van der Waals surface area (Å²) < 4.78 is 10.6. The first-order valence-corrected chi connectivity index (χ1v) is 5.08. The molecule has 0 amide bonds. The van der Waals surface area contributed by atoms with Crippen molar-refractivity contribution >= 4 is 5.97 Å². The van der Waals surface area contributed by atoms with E-state index in [1.165, 1.54) is 0 Å². The van der Waals surface area contributed by atoms with Gasteiger partial charge in [-0.15, -0.1) is 0 Å². The molecule has 13 heavy (non-hydrogen) atoms. The van der Waals surface area contributed by atoms with E-state index >= 15 is 0 Å². The van der Waals surface area contributed by atoms with Gasteiger partial charge in [-0.2, -0.15) is 0 Å². The molecule has 1 saturated heterocycles. The molecule has 2 aliphatic rings. The lowest BCUT2D eigenvalue weighted by atomic mass is 9.96. The summed E-state index contributed by atoms with van der Waals surface area (Å²) in [5.41, 5.74) is 0. The maximum absolute atomic E-state index is 11.5. The molecule has 1 aliphatic heterocycles. The molecule has 3 nitrogen and oxygen atoms in total. The van der Waals surface area contributed by atoms with E-state index in [4.69, 9.17) is 9.47 Å². The molecular formula is C10H16O3. The fourth-order valence-corrected chi connectivity index (χ4v) is 1.66. The Morgan fingerprint density at radius 3 is 2.77 bits per heavy atom. The average molecular weight is 184 g/mol. The molecule has 2 rings (SSSR count). The van der Waals surface area contributed by atoms with Gasteiger partial charge < -0.3 is 9.47 Å². The minimum Gasteiger partial charge on any atom is -0.462 e. The van der Waals surface area contributed by atoms with E-state index in [0.29, 0.717) is 6.61 Å². The van der Waals surface area contributed by atoms with Gasteiger partial charge in [0, 0.05) is 6.61 Å². The molecule has 74 valence electrons. The Morgan fingerprint density at radius 1 is 1.38 bits per heavy atom. The van der Waals surface area contributed by atoms with Crippen molar-refractivity contribution in [1.82, 2.24) is 0 Å². The first kappa shape index (κ1) is 9.00. The van der Waals surface area contributed by atoms with Crippen molar-refractivity contribution in [3.8, 4) is 0 Å². The van der Waals surface area contributed by atoms with Crippen molar-refractivity contribution in [2.24, 2.45) is 5.92 Å². The van der Waals surface area contributed by atoms with Crippen LogP contribution in [-0.2, 0) is 14.3 Å². The van der Waals surface area contributed by atoms with Crippen molar-refractivity contribution in [2.75, 3.05) is 6.61 Å². The lowest BCUT2D eigenvalue weighted by molar-refractivity contribution is -0.154. The number of carbonyl (C=O) groups is 1. The summed E-state index contributed by atoms with van der Waals surface area (Å²) in [6, 6.07) is 0. The molecule has 1 saturated carbocycles. The Kier molecular flexibility index (Phi) is 2.54. The normalized spacial score (nSPS) is 34.2. The lowest BCUT2D eigenvalue weighted by Crippen LogP contribution is -2.30. The van der Waals surface area contributed by atoms with Gasteiger partial charge in [0.25, 0.3) is 0 Å². The highest BCUT2D eigenvalue weighted by atomic mass is 16.5. The summed E-state index contributed by atoms with van der Waals surface area (Å²) in [4.78, 5) is 11.5. The van der Waals surface area contributed by atoms with Crippen LogP contribution in [0.2, 0.25) is 0 Å². The fourth-order valence-electron chi connectivity index (χ4n) is 1.66. The second-order valence-electron chi connectivity index (χ2n) is 4.04. The molecule has 3 heteroatoms. The third kappa shape index (κ3) is 2.44. The minimum atomic E-state index is -0.00218. The Balaban J connectivity index is 1.80. The quantitative estimate of drug-likeness (QED) is 0.610. The highest BCUT2D eigenvalue weighted by Crippen LogP contribution is 2.28. The molecule has 0 aromatic rings. The summed E-state index contributed by atoms with van der Waals surface area (Å²) in [6.07, 6.45) is 4.23. The molecule has 0 aromatic carbocycles. The van der Waals surface area contributed by atoms with Gasteiger partial charge in [0.2, 0.25) is 0 Å². The third-order valence-corrected chi connectivity index (χ3v) is 2.63. The third-order valence-electron chi connectivity index (χ3n) is 2.63. The molecule has 2 unspecified atom stereocenters. The smallest absolute Gasteiger partial charge is 0.309 e. The minimum absolute atomic E-state index is 0.00218. The van der Waals surface area contributed by atoms with Crippen LogP contribution in [0.1, 0.15) is 32.6 Å². The van der Waals surface area contributed by atoms with Crippen LogP contribution < -0.4 is 0 Å². The van der Waals surface area contributed by atoms with E-state index in [-0.39, 0.29) is 24.1 Å². The highest BCUT2D eigenvalue weighted by Gasteiger charge is 2.32. The number of esters is 1. The second kappa shape index (κ2) is 3.66. The van der Waals surface area contributed by atoms with Crippen molar-refractivity contribution < 1.29 is 14.3 Å². The van der Waals surface area contributed by atoms with Crippen LogP contribution in [0, 0.1) is 5.92 Å². The maximum Gasteiger partial charge on any atom is 0.309 e. The molecule has 0 N–H and O–H groups in total. The van der Waals surface area contributed by atoms with E-state index in [0.717, 1.165) is 25.7 Å². The second-order valence-corrected chi connectivity index (χ2v) is 4.04. The molecule has 0 radical (unpaired) electrons. The van der Waals surface area contributed by atoms with Gasteiger partial charge in [-0.3, -0.25) is 4.79 Å². The maximum atomic E-state index is 11.5. The van der Waals surface area contributed by atoms with Gasteiger partial charge in [-0.05, 0) is 32.6 Å². The topological polar surface area (TPSA) is 35.5 Å². The zero-order valence-corrected chi connectivity index (χ0v) is 7.99. The summed E-state index contributed by atoms with van der Waals surface area (Å²) in [7, 11) is 0. The van der Waals surface area contributed by atoms with Crippen LogP contribution >= 0.6 is 0 Å².